The zero-order valence-corrected chi connectivity index (χ0v) is 14.7. The van der Waals surface area contributed by atoms with Crippen molar-refractivity contribution in [1.82, 2.24) is 9.97 Å². The summed E-state index contributed by atoms with van der Waals surface area (Å²) in [5.74, 6) is 1.00. The van der Waals surface area contributed by atoms with E-state index in [1.165, 1.54) is 18.9 Å². The Morgan fingerprint density at radius 1 is 1.33 bits per heavy atom. The van der Waals surface area contributed by atoms with E-state index in [9.17, 15) is 9.59 Å². The molecule has 0 spiro atoms. The van der Waals surface area contributed by atoms with Crippen LogP contribution in [-0.2, 0) is 4.74 Å². The largest absolute Gasteiger partial charge is 0.494 e. The maximum atomic E-state index is 11.8. The Kier molecular flexibility index (Phi) is 6.43. The molecule has 24 heavy (non-hydrogen) atoms. The predicted molar refractivity (Wildman–Crippen MR) is 92.9 cm³/mol. The SMILES string of the molecule is COC(=O)c1c(SCCCOc2cccc(C)c2)nc(=O)[nH]c1C. The molecule has 128 valence electrons. The number of benzene rings is 1. The number of methoxy groups -OCH3 is 1. The van der Waals surface area contributed by atoms with E-state index in [1.54, 1.807) is 6.92 Å². The first kappa shape index (κ1) is 18.1. The third-order valence-corrected chi connectivity index (χ3v) is 4.32. The van der Waals surface area contributed by atoms with Crippen LogP contribution in [0, 0.1) is 13.8 Å². The fourth-order valence-corrected chi connectivity index (χ4v) is 3.11. The van der Waals surface area contributed by atoms with Crippen molar-refractivity contribution in [2.75, 3.05) is 19.5 Å². The number of hydrogen-bond donors (Lipinski definition) is 1. The lowest BCUT2D eigenvalue weighted by atomic mass is 10.2. The number of aromatic amines is 1. The van der Waals surface area contributed by atoms with Gasteiger partial charge in [0.05, 0.1) is 13.7 Å². The normalized spacial score (nSPS) is 10.5. The molecule has 0 aliphatic heterocycles. The second-order valence-corrected chi connectivity index (χ2v) is 6.29. The van der Waals surface area contributed by atoms with Crippen LogP contribution in [0.5, 0.6) is 5.75 Å². The van der Waals surface area contributed by atoms with Crippen LogP contribution in [0.15, 0.2) is 34.1 Å². The molecule has 2 rings (SSSR count). The van der Waals surface area contributed by atoms with E-state index in [-0.39, 0.29) is 0 Å². The Balaban J connectivity index is 1.92. The second kappa shape index (κ2) is 8.54. The molecule has 0 radical (unpaired) electrons. The Hall–Kier alpha value is -2.28. The molecule has 0 atom stereocenters. The van der Waals surface area contributed by atoms with Gasteiger partial charge in [-0.25, -0.2) is 9.59 Å². The molecular formula is C17H20N2O4S. The molecule has 0 unspecified atom stereocenters. The van der Waals surface area contributed by atoms with Crippen LogP contribution in [0.25, 0.3) is 0 Å². The second-order valence-electron chi connectivity index (χ2n) is 5.21. The molecule has 0 amide bonds. The zero-order chi connectivity index (χ0) is 17.5. The van der Waals surface area contributed by atoms with E-state index in [0.717, 1.165) is 17.7 Å². The van der Waals surface area contributed by atoms with E-state index in [4.69, 9.17) is 9.47 Å². The Labute approximate surface area is 144 Å². The maximum Gasteiger partial charge on any atom is 0.346 e. The van der Waals surface area contributed by atoms with Gasteiger partial charge in [0, 0.05) is 11.4 Å². The molecule has 0 aliphatic rings. The number of carbonyl (C=O) groups excluding carboxylic acids is 1. The molecule has 0 saturated carbocycles. The number of H-pyrrole nitrogens is 1. The van der Waals surface area contributed by atoms with Crippen molar-refractivity contribution < 1.29 is 14.3 Å². The van der Waals surface area contributed by atoms with Crippen molar-refractivity contribution in [3.05, 3.63) is 51.6 Å². The van der Waals surface area contributed by atoms with Crippen LogP contribution in [0.4, 0.5) is 0 Å². The van der Waals surface area contributed by atoms with Crippen molar-refractivity contribution in [2.24, 2.45) is 0 Å². The van der Waals surface area contributed by atoms with Gasteiger partial charge < -0.3 is 14.5 Å². The van der Waals surface area contributed by atoms with Crippen molar-refractivity contribution in [3.8, 4) is 5.75 Å². The van der Waals surface area contributed by atoms with Crippen LogP contribution in [0.1, 0.15) is 28.0 Å². The fourth-order valence-electron chi connectivity index (χ4n) is 2.13. The van der Waals surface area contributed by atoms with Gasteiger partial charge in [0.1, 0.15) is 16.3 Å². The van der Waals surface area contributed by atoms with Gasteiger partial charge in [-0.2, -0.15) is 4.98 Å². The lowest BCUT2D eigenvalue weighted by Crippen LogP contribution is -2.19. The molecule has 1 aromatic carbocycles. The van der Waals surface area contributed by atoms with Gasteiger partial charge in [0.25, 0.3) is 0 Å². The highest BCUT2D eigenvalue weighted by atomic mass is 32.2. The summed E-state index contributed by atoms with van der Waals surface area (Å²) in [6, 6.07) is 7.85. The number of carbonyl (C=O) groups is 1. The van der Waals surface area contributed by atoms with E-state index in [2.05, 4.69) is 9.97 Å². The lowest BCUT2D eigenvalue weighted by Gasteiger charge is -2.09. The first-order chi connectivity index (χ1) is 11.5. The number of hydrogen-bond acceptors (Lipinski definition) is 6. The molecule has 1 heterocycles. The van der Waals surface area contributed by atoms with Crippen LogP contribution in [0.2, 0.25) is 0 Å². The van der Waals surface area contributed by atoms with Gasteiger partial charge in [0.2, 0.25) is 0 Å². The third-order valence-electron chi connectivity index (χ3n) is 3.26. The smallest absolute Gasteiger partial charge is 0.346 e. The molecule has 0 bridgehead atoms. The molecule has 6 nitrogen and oxygen atoms in total. The third kappa shape index (κ3) is 4.86. The Morgan fingerprint density at radius 2 is 2.12 bits per heavy atom. The summed E-state index contributed by atoms with van der Waals surface area (Å²) in [7, 11) is 1.30. The number of nitrogens with zero attached hydrogens (tertiary/aromatic N) is 1. The van der Waals surface area contributed by atoms with Crippen molar-refractivity contribution >= 4 is 17.7 Å². The Bertz CT molecular complexity index is 773. The van der Waals surface area contributed by atoms with Crippen LogP contribution in [-0.4, -0.2) is 35.4 Å². The summed E-state index contributed by atoms with van der Waals surface area (Å²) < 4.78 is 10.4. The molecule has 2 aromatic rings. The standard InChI is InChI=1S/C17H20N2O4S/c1-11-6-4-7-13(10-11)23-8-5-9-24-15-14(16(20)22-3)12(2)18-17(21)19-15/h4,6-7,10H,5,8-9H2,1-3H3,(H,18,19,21). The quantitative estimate of drug-likeness (QED) is 0.359. The molecule has 7 heteroatoms. The topological polar surface area (TPSA) is 81.3 Å². The minimum Gasteiger partial charge on any atom is -0.494 e. The minimum atomic E-state index is -0.505. The van der Waals surface area contributed by atoms with E-state index >= 15 is 0 Å². The number of rotatable bonds is 7. The van der Waals surface area contributed by atoms with Gasteiger partial charge in [-0.1, -0.05) is 12.1 Å². The first-order valence-electron chi connectivity index (χ1n) is 7.52. The van der Waals surface area contributed by atoms with Crippen molar-refractivity contribution in [2.45, 2.75) is 25.3 Å². The minimum absolute atomic E-state index is 0.307. The van der Waals surface area contributed by atoms with E-state index in [0.29, 0.717) is 28.6 Å². The van der Waals surface area contributed by atoms with E-state index < -0.39 is 11.7 Å². The highest BCUT2D eigenvalue weighted by molar-refractivity contribution is 7.99. The van der Waals surface area contributed by atoms with Crippen molar-refractivity contribution in [3.63, 3.8) is 0 Å². The van der Waals surface area contributed by atoms with Gasteiger partial charge in [-0.3, -0.25) is 0 Å². The van der Waals surface area contributed by atoms with Crippen molar-refractivity contribution in [1.29, 1.82) is 0 Å². The number of nitrogens with one attached hydrogen (secondary N) is 1. The van der Waals surface area contributed by atoms with Gasteiger partial charge >= 0.3 is 11.7 Å². The number of aromatic nitrogens is 2. The summed E-state index contributed by atoms with van der Waals surface area (Å²) >= 11 is 1.35. The highest BCUT2D eigenvalue weighted by Gasteiger charge is 2.18. The molecular weight excluding hydrogens is 328 g/mol. The number of aryl methyl sites for hydroxylation is 2. The average Bonchev–Trinajstić information content (AvgIpc) is 2.53. The Morgan fingerprint density at radius 3 is 2.83 bits per heavy atom. The maximum absolute atomic E-state index is 11.8. The highest BCUT2D eigenvalue weighted by Crippen LogP contribution is 2.22. The summed E-state index contributed by atoms with van der Waals surface area (Å²) in [6.07, 6.45) is 0.757. The molecule has 1 N–H and O–H groups in total. The lowest BCUT2D eigenvalue weighted by molar-refractivity contribution is 0.0594. The summed E-state index contributed by atoms with van der Waals surface area (Å²) in [4.78, 5) is 29.8. The number of thioether (sulfide) groups is 1. The van der Waals surface area contributed by atoms with Crippen LogP contribution < -0.4 is 10.4 Å². The molecule has 1 aromatic heterocycles. The molecule has 0 fully saturated rings. The van der Waals surface area contributed by atoms with E-state index in [1.807, 2.05) is 31.2 Å². The van der Waals surface area contributed by atoms with Gasteiger partial charge in [-0.05, 0) is 38.0 Å². The summed E-state index contributed by atoms with van der Waals surface area (Å²) in [5.41, 5.74) is 1.44. The predicted octanol–water partition coefficient (Wildman–Crippen LogP) is 2.73. The van der Waals surface area contributed by atoms with Crippen LogP contribution in [0.3, 0.4) is 0 Å². The summed E-state index contributed by atoms with van der Waals surface area (Å²) in [6.45, 7) is 4.21. The van der Waals surface area contributed by atoms with Gasteiger partial charge in [0.15, 0.2) is 0 Å². The van der Waals surface area contributed by atoms with Gasteiger partial charge in [-0.15, -0.1) is 11.8 Å². The molecule has 0 saturated heterocycles. The zero-order valence-electron chi connectivity index (χ0n) is 13.9. The fraction of sp³-hybridized carbons (Fsp3) is 0.353. The summed E-state index contributed by atoms with van der Waals surface area (Å²) in [5, 5.41) is 0.388. The molecule has 0 aliphatic carbocycles. The van der Waals surface area contributed by atoms with Crippen LogP contribution >= 0.6 is 11.8 Å². The number of ether oxygens (including phenoxy) is 2. The monoisotopic (exact) mass is 348 g/mol. The number of esters is 1. The average molecular weight is 348 g/mol. The first-order valence-corrected chi connectivity index (χ1v) is 8.51.